The highest BCUT2D eigenvalue weighted by molar-refractivity contribution is 8.18. The molecule has 1 amide bonds. The molecule has 4 rings (SSSR count). The summed E-state index contributed by atoms with van der Waals surface area (Å²) >= 11 is 1.31. The Labute approximate surface area is 197 Å². The van der Waals surface area contributed by atoms with Gasteiger partial charge in [0, 0.05) is 6.21 Å². The van der Waals surface area contributed by atoms with Crippen LogP contribution in [0.1, 0.15) is 23.8 Å². The van der Waals surface area contributed by atoms with Crippen LogP contribution >= 0.6 is 11.8 Å². The van der Waals surface area contributed by atoms with E-state index in [1.807, 2.05) is 98.0 Å². The van der Waals surface area contributed by atoms with Crippen molar-refractivity contribution in [3.05, 3.63) is 119 Å². The van der Waals surface area contributed by atoms with Gasteiger partial charge in [-0.2, -0.15) is 5.10 Å². The van der Waals surface area contributed by atoms with Gasteiger partial charge in [0.2, 0.25) is 0 Å². The SMILES string of the molecule is CC(/C=C1\S\C(=N/N=C/C=C/c2ccccc2)N(Cc2ccco2)C1=O)=C\c1ccccc1. The average Bonchev–Trinajstić information content (AvgIpc) is 3.44. The lowest BCUT2D eigenvalue weighted by Gasteiger charge is -2.12. The summed E-state index contributed by atoms with van der Waals surface area (Å²) in [5.74, 6) is 0.563. The summed E-state index contributed by atoms with van der Waals surface area (Å²) in [6.07, 6.45) is 10.9. The Bertz CT molecular complexity index is 1220. The van der Waals surface area contributed by atoms with Crippen molar-refractivity contribution in [3.63, 3.8) is 0 Å². The number of thioether (sulfide) groups is 1. The molecule has 0 bridgehead atoms. The number of hydrogen-bond donors (Lipinski definition) is 0. The summed E-state index contributed by atoms with van der Waals surface area (Å²) < 4.78 is 5.44. The number of furan rings is 1. The summed E-state index contributed by atoms with van der Waals surface area (Å²) in [6, 6.07) is 23.6. The molecule has 0 spiro atoms. The molecule has 2 aromatic carbocycles. The average molecular weight is 454 g/mol. The summed E-state index contributed by atoms with van der Waals surface area (Å²) in [6.45, 7) is 2.28. The van der Waals surface area contributed by atoms with Gasteiger partial charge in [-0.25, -0.2) is 0 Å². The molecule has 0 N–H and O–H groups in total. The first-order chi connectivity index (χ1) is 16.2. The lowest BCUT2D eigenvalue weighted by Crippen LogP contribution is -2.28. The lowest BCUT2D eigenvalue weighted by atomic mass is 10.1. The van der Waals surface area contributed by atoms with Crippen LogP contribution in [0.3, 0.4) is 0 Å². The molecule has 1 saturated heterocycles. The van der Waals surface area contributed by atoms with E-state index < -0.39 is 0 Å². The van der Waals surface area contributed by atoms with E-state index in [1.54, 1.807) is 23.4 Å². The second-order valence-corrected chi connectivity index (χ2v) is 8.31. The van der Waals surface area contributed by atoms with Crippen molar-refractivity contribution in [1.82, 2.24) is 4.90 Å². The van der Waals surface area contributed by atoms with Gasteiger partial charge < -0.3 is 4.42 Å². The van der Waals surface area contributed by atoms with E-state index in [9.17, 15) is 4.79 Å². The van der Waals surface area contributed by atoms with Crippen LogP contribution in [0.2, 0.25) is 0 Å². The molecule has 164 valence electrons. The third kappa shape index (κ3) is 6.30. The van der Waals surface area contributed by atoms with Crippen LogP contribution < -0.4 is 0 Å². The molecule has 6 heteroatoms. The van der Waals surface area contributed by atoms with Crippen molar-refractivity contribution in [2.45, 2.75) is 13.5 Å². The van der Waals surface area contributed by atoms with Gasteiger partial charge >= 0.3 is 0 Å². The van der Waals surface area contributed by atoms with Crippen molar-refractivity contribution in [2.75, 3.05) is 0 Å². The Morgan fingerprint density at radius 2 is 1.73 bits per heavy atom. The normalized spacial score (nSPS) is 17.3. The largest absolute Gasteiger partial charge is 0.467 e. The Hall–Kier alpha value is -3.90. The number of rotatable bonds is 7. The number of nitrogens with zero attached hydrogens (tertiary/aromatic N) is 3. The summed E-state index contributed by atoms with van der Waals surface area (Å²) in [5.41, 5.74) is 3.14. The molecule has 5 nitrogen and oxygen atoms in total. The Morgan fingerprint density at radius 3 is 2.42 bits per heavy atom. The number of carbonyl (C=O) groups excluding carboxylic acids is 1. The fraction of sp³-hybridized carbons (Fsp3) is 0.0741. The van der Waals surface area contributed by atoms with E-state index in [4.69, 9.17) is 4.42 Å². The van der Waals surface area contributed by atoms with Gasteiger partial charge in [-0.05, 0) is 59.7 Å². The summed E-state index contributed by atoms with van der Waals surface area (Å²) in [7, 11) is 0. The second kappa shape index (κ2) is 11.1. The quantitative estimate of drug-likeness (QED) is 0.236. The highest BCUT2D eigenvalue weighted by Gasteiger charge is 2.34. The van der Waals surface area contributed by atoms with E-state index in [1.165, 1.54) is 11.8 Å². The minimum Gasteiger partial charge on any atom is -0.467 e. The molecular weight excluding hydrogens is 430 g/mol. The molecule has 2 heterocycles. The van der Waals surface area contributed by atoms with E-state index >= 15 is 0 Å². The molecule has 3 aromatic rings. The summed E-state index contributed by atoms with van der Waals surface area (Å²) in [5, 5.41) is 8.98. The van der Waals surface area contributed by atoms with Gasteiger partial charge in [0.1, 0.15) is 5.76 Å². The molecule has 1 aliphatic heterocycles. The third-order valence-corrected chi connectivity index (χ3v) is 5.72. The molecular formula is C27H23N3O2S. The zero-order chi connectivity index (χ0) is 22.9. The first-order valence-corrected chi connectivity index (χ1v) is 11.3. The summed E-state index contributed by atoms with van der Waals surface area (Å²) in [4.78, 5) is 15.3. The maximum absolute atomic E-state index is 13.1. The maximum Gasteiger partial charge on any atom is 0.267 e. The van der Waals surface area contributed by atoms with Gasteiger partial charge in [-0.3, -0.25) is 9.69 Å². The predicted molar refractivity (Wildman–Crippen MR) is 136 cm³/mol. The van der Waals surface area contributed by atoms with E-state index in [0.29, 0.717) is 22.4 Å². The van der Waals surface area contributed by atoms with Crippen LogP contribution in [0.25, 0.3) is 12.2 Å². The smallest absolute Gasteiger partial charge is 0.267 e. The second-order valence-electron chi connectivity index (χ2n) is 7.30. The molecule has 1 fully saturated rings. The number of allylic oxidation sites excluding steroid dienone is 3. The molecule has 0 atom stereocenters. The number of carbonyl (C=O) groups is 1. The topological polar surface area (TPSA) is 58.2 Å². The van der Waals surface area contributed by atoms with Crippen molar-refractivity contribution in [1.29, 1.82) is 0 Å². The van der Waals surface area contributed by atoms with Crippen LogP contribution in [0.5, 0.6) is 0 Å². The van der Waals surface area contributed by atoms with Crippen LogP contribution in [-0.4, -0.2) is 22.2 Å². The number of benzene rings is 2. The van der Waals surface area contributed by atoms with Gasteiger partial charge in [-0.15, -0.1) is 5.10 Å². The predicted octanol–water partition coefficient (Wildman–Crippen LogP) is 6.40. The monoisotopic (exact) mass is 453 g/mol. The van der Waals surface area contributed by atoms with Gasteiger partial charge in [0.05, 0.1) is 17.7 Å². The molecule has 33 heavy (non-hydrogen) atoms. The van der Waals surface area contributed by atoms with Gasteiger partial charge in [0.15, 0.2) is 5.17 Å². The fourth-order valence-corrected chi connectivity index (χ4v) is 4.17. The van der Waals surface area contributed by atoms with Crippen LogP contribution in [0.15, 0.2) is 116 Å². The molecule has 0 aliphatic carbocycles. The Kier molecular flexibility index (Phi) is 7.51. The lowest BCUT2D eigenvalue weighted by molar-refractivity contribution is -0.122. The number of amides is 1. The molecule has 1 aliphatic rings. The van der Waals surface area contributed by atoms with Gasteiger partial charge in [-0.1, -0.05) is 72.8 Å². The highest BCUT2D eigenvalue weighted by atomic mass is 32.2. The van der Waals surface area contributed by atoms with Crippen molar-refractivity contribution in [2.24, 2.45) is 10.2 Å². The molecule has 0 radical (unpaired) electrons. The fourth-order valence-electron chi connectivity index (χ4n) is 3.18. The van der Waals surface area contributed by atoms with Crippen molar-refractivity contribution < 1.29 is 9.21 Å². The van der Waals surface area contributed by atoms with Crippen LogP contribution in [0.4, 0.5) is 0 Å². The zero-order valence-electron chi connectivity index (χ0n) is 18.2. The molecule has 0 unspecified atom stereocenters. The minimum absolute atomic E-state index is 0.119. The highest BCUT2D eigenvalue weighted by Crippen LogP contribution is 2.33. The maximum atomic E-state index is 13.1. The number of hydrogen-bond acceptors (Lipinski definition) is 5. The molecule has 1 aromatic heterocycles. The first-order valence-electron chi connectivity index (χ1n) is 10.5. The van der Waals surface area contributed by atoms with E-state index in [2.05, 4.69) is 10.2 Å². The molecule has 0 saturated carbocycles. The van der Waals surface area contributed by atoms with E-state index in [-0.39, 0.29) is 5.91 Å². The first kappa shape index (κ1) is 22.3. The number of amidine groups is 1. The zero-order valence-corrected chi connectivity index (χ0v) is 19.0. The minimum atomic E-state index is -0.119. The van der Waals surface area contributed by atoms with Crippen LogP contribution in [0, 0.1) is 0 Å². The van der Waals surface area contributed by atoms with Gasteiger partial charge in [0.25, 0.3) is 5.91 Å². The standard InChI is InChI=1S/C27H23N3O2S/c1-21(18-23-12-6-3-7-13-23)19-25-26(31)30(20-24-15-9-17-32-24)27(33-25)29-28-16-8-14-22-10-4-2-5-11-22/h2-19H,20H2,1H3/b14-8+,21-18+,25-19-,28-16+,29-27-. The third-order valence-electron chi connectivity index (χ3n) is 4.72. The van der Waals surface area contributed by atoms with E-state index in [0.717, 1.165) is 16.7 Å². The Morgan fingerprint density at radius 1 is 1.00 bits per heavy atom. The Balaban J connectivity index is 1.54. The van der Waals surface area contributed by atoms with Crippen LogP contribution in [-0.2, 0) is 11.3 Å². The van der Waals surface area contributed by atoms with Crippen molar-refractivity contribution in [3.8, 4) is 0 Å². The van der Waals surface area contributed by atoms with Crippen molar-refractivity contribution >= 4 is 41.2 Å².